The summed E-state index contributed by atoms with van der Waals surface area (Å²) in [6.07, 6.45) is 0. The van der Waals surface area contributed by atoms with Gasteiger partial charge in [0.2, 0.25) is 0 Å². The van der Waals surface area contributed by atoms with Gasteiger partial charge in [0.15, 0.2) is 18.2 Å². The largest absolute Gasteiger partial charge is 0.484 e. The van der Waals surface area contributed by atoms with E-state index in [0.29, 0.717) is 33.6 Å². The maximum Gasteiger partial charge on any atom is 0.277 e. The van der Waals surface area contributed by atoms with Crippen molar-refractivity contribution in [2.24, 2.45) is 0 Å². The lowest BCUT2D eigenvalue weighted by atomic mass is 10.0. The molecule has 2 heterocycles. The number of nitrogens with one attached hydrogen (secondary N) is 1. The van der Waals surface area contributed by atoms with Crippen LogP contribution in [0.1, 0.15) is 57.4 Å². The second kappa shape index (κ2) is 8.65. The molecule has 1 atom stereocenters. The molecule has 1 N–H and O–H groups in total. The highest BCUT2D eigenvalue weighted by atomic mass is 32.2. The number of H-pyrrole nitrogens is 1. The van der Waals surface area contributed by atoms with Gasteiger partial charge in [-0.25, -0.2) is 0 Å². The number of hydrogen-bond donors (Lipinski definition) is 1. The molecule has 1 aromatic carbocycles. The smallest absolute Gasteiger partial charge is 0.277 e. The van der Waals surface area contributed by atoms with Gasteiger partial charge in [0.05, 0.1) is 10.9 Å². The SMILES string of the molecule is CC(=O)c1c(C)[nH]c(C(=O)C(C)Sc2nnc(COc3cccc(C)c3)o2)c1C. The molecule has 0 saturated carbocycles. The van der Waals surface area contributed by atoms with Gasteiger partial charge < -0.3 is 14.1 Å². The minimum absolute atomic E-state index is 0.0641. The lowest BCUT2D eigenvalue weighted by Crippen LogP contribution is -2.15. The summed E-state index contributed by atoms with van der Waals surface area (Å²) >= 11 is 1.17. The summed E-state index contributed by atoms with van der Waals surface area (Å²) in [6.45, 7) is 8.96. The van der Waals surface area contributed by atoms with Crippen molar-refractivity contribution in [3.05, 3.63) is 58.2 Å². The van der Waals surface area contributed by atoms with Crippen LogP contribution in [0.5, 0.6) is 5.75 Å². The standard InChI is InChI=1S/C21H23N3O4S/c1-11-7-6-8-16(9-11)27-10-17-23-24-21(28-17)29-15(5)20(26)19-12(2)18(14(4)25)13(3)22-19/h6-9,15,22H,10H2,1-5H3. The lowest BCUT2D eigenvalue weighted by Gasteiger charge is -2.07. The topological polar surface area (TPSA) is 98.1 Å². The molecule has 3 aromatic rings. The van der Waals surface area contributed by atoms with E-state index in [1.165, 1.54) is 18.7 Å². The quantitative estimate of drug-likeness (QED) is 0.430. The summed E-state index contributed by atoms with van der Waals surface area (Å²) in [5.41, 5.74) is 3.47. The number of ketones is 2. The van der Waals surface area contributed by atoms with Gasteiger partial charge in [-0.2, -0.15) is 0 Å². The molecule has 0 saturated heterocycles. The Kier molecular flexibility index (Phi) is 6.22. The molecule has 0 aliphatic carbocycles. The zero-order valence-electron chi connectivity index (χ0n) is 17.0. The number of thioether (sulfide) groups is 1. The number of carbonyl (C=O) groups is 2. The Morgan fingerprint density at radius 1 is 1.24 bits per heavy atom. The fourth-order valence-corrected chi connectivity index (χ4v) is 3.89. The Morgan fingerprint density at radius 3 is 2.66 bits per heavy atom. The summed E-state index contributed by atoms with van der Waals surface area (Å²) in [6, 6.07) is 7.67. The predicted octanol–water partition coefficient (Wildman–Crippen LogP) is 4.47. The van der Waals surface area contributed by atoms with Crippen molar-refractivity contribution in [1.29, 1.82) is 0 Å². The highest BCUT2D eigenvalue weighted by Crippen LogP contribution is 2.27. The number of aromatic amines is 1. The normalized spacial score (nSPS) is 12.0. The van der Waals surface area contributed by atoms with Gasteiger partial charge in [0.1, 0.15) is 5.75 Å². The van der Waals surface area contributed by atoms with Crippen molar-refractivity contribution < 1.29 is 18.7 Å². The molecule has 1 unspecified atom stereocenters. The van der Waals surface area contributed by atoms with Crippen LogP contribution >= 0.6 is 11.8 Å². The molecule has 0 bridgehead atoms. The van der Waals surface area contributed by atoms with E-state index in [-0.39, 0.29) is 18.2 Å². The van der Waals surface area contributed by atoms with E-state index in [0.717, 1.165) is 11.3 Å². The fraction of sp³-hybridized carbons (Fsp3) is 0.333. The molecule has 0 radical (unpaired) electrons. The number of benzene rings is 1. The number of hydrogen-bond acceptors (Lipinski definition) is 7. The second-order valence-electron chi connectivity index (χ2n) is 6.87. The first-order valence-electron chi connectivity index (χ1n) is 9.19. The molecule has 0 fully saturated rings. The van der Waals surface area contributed by atoms with Crippen molar-refractivity contribution in [1.82, 2.24) is 15.2 Å². The first-order valence-corrected chi connectivity index (χ1v) is 10.1. The predicted molar refractivity (Wildman–Crippen MR) is 110 cm³/mol. The molecular weight excluding hydrogens is 390 g/mol. The maximum atomic E-state index is 12.8. The molecule has 0 aliphatic heterocycles. The molecule has 8 heteroatoms. The third-order valence-electron chi connectivity index (χ3n) is 4.48. The van der Waals surface area contributed by atoms with E-state index in [9.17, 15) is 9.59 Å². The summed E-state index contributed by atoms with van der Waals surface area (Å²) in [5, 5.41) is 7.79. The Balaban J connectivity index is 1.64. The van der Waals surface area contributed by atoms with Crippen LogP contribution in [-0.4, -0.2) is 32.0 Å². The Labute approximate surface area is 173 Å². The molecule has 29 heavy (non-hydrogen) atoms. The van der Waals surface area contributed by atoms with Crippen LogP contribution in [0.4, 0.5) is 0 Å². The number of nitrogens with zero attached hydrogens (tertiary/aromatic N) is 2. The minimum Gasteiger partial charge on any atom is -0.484 e. The summed E-state index contributed by atoms with van der Waals surface area (Å²) in [7, 11) is 0. The number of ether oxygens (including phenoxy) is 1. The van der Waals surface area contributed by atoms with E-state index >= 15 is 0 Å². The van der Waals surface area contributed by atoms with Gasteiger partial charge in [0.25, 0.3) is 11.1 Å². The number of Topliss-reactive ketones (excluding diaryl/α,β-unsaturated/α-hetero) is 2. The van der Waals surface area contributed by atoms with E-state index in [4.69, 9.17) is 9.15 Å². The van der Waals surface area contributed by atoms with Gasteiger partial charge in [-0.15, -0.1) is 10.2 Å². The Bertz CT molecular complexity index is 1050. The van der Waals surface area contributed by atoms with E-state index < -0.39 is 5.25 Å². The lowest BCUT2D eigenvalue weighted by molar-refractivity contribution is 0.0988. The number of rotatable bonds is 8. The van der Waals surface area contributed by atoms with Crippen LogP contribution in [0, 0.1) is 20.8 Å². The molecule has 0 amide bonds. The van der Waals surface area contributed by atoms with Gasteiger partial charge in [0, 0.05) is 11.3 Å². The molecule has 0 spiro atoms. The molecule has 0 aliphatic rings. The highest BCUT2D eigenvalue weighted by molar-refractivity contribution is 8.00. The van der Waals surface area contributed by atoms with Crippen LogP contribution < -0.4 is 4.74 Å². The maximum absolute atomic E-state index is 12.8. The van der Waals surface area contributed by atoms with E-state index in [2.05, 4.69) is 15.2 Å². The first-order chi connectivity index (χ1) is 13.8. The van der Waals surface area contributed by atoms with Crippen LogP contribution in [0.15, 0.2) is 33.9 Å². The van der Waals surface area contributed by atoms with Crippen LogP contribution in [0.2, 0.25) is 0 Å². The third-order valence-corrected chi connectivity index (χ3v) is 5.42. The van der Waals surface area contributed by atoms with Crippen molar-refractivity contribution in [3.63, 3.8) is 0 Å². The van der Waals surface area contributed by atoms with E-state index in [1.54, 1.807) is 20.8 Å². The monoisotopic (exact) mass is 413 g/mol. The van der Waals surface area contributed by atoms with Crippen molar-refractivity contribution in [2.75, 3.05) is 0 Å². The molecule has 7 nitrogen and oxygen atoms in total. The summed E-state index contributed by atoms with van der Waals surface area (Å²) in [4.78, 5) is 27.7. The van der Waals surface area contributed by atoms with E-state index in [1.807, 2.05) is 31.2 Å². The van der Waals surface area contributed by atoms with Gasteiger partial charge >= 0.3 is 0 Å². The summed E-state index contributed by atoms with van der Waals surface area (Å²) < 4.78 is 11.2. The van der Waals surface area contributed by atoms with Crippen LogP contribution in [-0.2, 0) is 6.61 Å². The van der Waals surface area contributed by atoms with Gasteiger partial charge in [-0.3, -0.25) is 9.59 Å². The first kappa shape index (κ1) is 20.9. The number of aromatic nitrogens is 3. The van der Waals surface area contributed by atoms with Crippen molar-refractivity contribution in [2.45, 2.75) is 51.7 Å². The molecule has 152 valence electrons. The zero-order valence-corrected chi connectivity index (χ0v) is 17.8. The second-order valence-corrected chi connectivity index (χ2v) is 8.16. The Hall–Kier alpha value is -2.87. The van der Waals surface area contributed by atoms with Crippen LogP contribution in [0.3, 0.4) is 0 Å². The molecule has 3 rings (SSSR count). The fourth-order valence-electron chi connectivity index (χ4n) is 3.13. The average Bonchev–Trinajstić information content (AvgIpc) is 3.23. The molecule has 2 aromatic heterocycles. The van der Waals surface area contributed by atoms with Crippen molar-refractivity contribution >= 4 is 23.3 Å². The third kappa shape index (κ3) is 4.76. The van der Waals surface area contributed by atoms with Gasteiger partial charge in [-0.05, 0) is 57.9 Å². The number of carbonyl (C=O) groups excluding carboxylic acids is 2. The van der Waals surface area contributed by atoms with Crippen molar-refractivity contribution in [3.8, 4) is 5.75 Å². The van der Waals surface area contributed by atoms with Gasteiger partial charge in [-0.1, -0.05) is 23.9 Å². The molecular formula is C21H23N3O4S. The summed E-state index contributed by atoms with van der Waals surface area (Å²) in [5.74, 6) is 0.865. The Morgan fingerprint density at radius 2 is 2.00 bits per heavy atom. The number of aryl methyl sites for hydroxylation is 2. The zero-order chi connectivity index (χ0) is 21.1. The highest BCUT2D eigenvalue weighted by Gasteiger charge is 2.25. The minimum atomic E-state index is -0.461. The average molecular weight is 413 g/mol. The van der Waals surface area contributed by atoms with Crippen LogP contribution in [0.25, 0.3) is 0 Å².